The van der Waals surface area contributed by atoms with E-state index >= 15 is 0 Å². The number of nitrogens with zero attached hydrogens (tertiary/aromatic N) is 3. The van der Waals surface area contributed by atoms with Crippen LogP contribution in [0.2, 0.25) is 0 Å². The number of anilines is 1. The number of hydrogen-bond acceptors (Lipinski definition) is 3. The molecule has 1 aliphatic rings. The molecule has 0 radical (unpaired) electrons. The maximum Gasteiger partial charge on any atom is 0.226 e. The van der Waals surface area contributed by atoms with Gasteiger partial charge in [0.1, 0.15) is 0 Å². The van der Waals surface area contributed by atoms with E-state index in [1.165, 1.54) is 28.2 Å². The first-order valence-corrected chi connectivity index (χ1v) is 14.5. The molecule has 0 aliphatic carbocycles. The third-order valence-corrected chi connectivity index (χ3v) is 8.20. The fourth-order valence-electron chi connectivity index (χ4n) is 5.86. The van der Waals surface area contributed by atoms with Crippen LogP contribution >= 0.6 is 12.2 Å². The number of thiocarbonyl (C=S) groups is 1. The van der Waals surface area contributed by atoms with E-state index in [-0.39, 0.29) is 18.0 Å². The van der Waals surface area contributed by atoms with Gasteiger partial charge in [0.25, 0.3) is 0 Å². The average Bonchev–Trinajstić information content (AvgIpc) is 3.46. The van der Waals surface area contributed by atoms with Crippen LogP contribution in [0.25, 0.3) is 5.69 Å². The number of rotatable bonds is 9. The van der Waals surface area contributed by atoms with Crippen molar-refractivity contribution in [1.29, 1.82) is 0 Å². The zero-order valence-corrected chi connectivity index (χ0v) is 24.5. The van der Waals surface area contributed by atoms with E-state index in [9.17, 15) is 4.79 Å². The molecular weight excluding hydrogens is 514 g/mol. The number of pyridine rings is 1. The van der Waals surface area contributed by atoms with Crippen LogP contribution in [-0.2, 0) is 17.6 Å². The van der Waals surface area contributed by atoms with Crippen molar-refractivity contribution in [3.63, 3.8) is 0 Å². The van der Waals surface area contributed by atoms with Crippen LogP contribution in [0.5, 0.6) is 0 Å². The number of para-hydroxylation sites is 2. The third kappa shape index (κ3) is 5.39. The molecule has 0 spiro atoms. The number of nitrogens with one attached hydrogen (secondary N) is 2. The lowest BCUT2D eigenvalue weighted by Gasteiger charge is -2.28. The van der Waals surface area contributed by atoms with Crippen molar-refractivity contribution in [1.82, 2.24) is 19.8 Å². The molecule has 206 valence electrons. The van der Waals surface area contributed by atoms with E-state index in [1.807, 2.05) is 42.6 Å². The van der Waals surface area contributed by atoms with Crippen molar-refractivity contribution >= 4 is 28.9 Å². The van der Waals surface area contributed by atoms with Crippen molar-refractivity contribution in [3.05, 3.63) is 113 Å². The summed E-state index contributed by atoms with van der Waals surface area (Å²) in [6.45, 7) is 9.11. The van der Waals surface area contributed by atoms with Gasteiger partial charge in [0.05, 0.1) is 17.8 Å². The minimum Gasteiger partial charge on any atom is -0.352 e. The molecule has 2 N–H and O–H groups in total. The molecule has 2 aromatic heterocycles. The Morgan fingerprint density at radius 1 is 0.975 bits per heavy atom. The number of hydrogen-bond donors (Lipinski definition) is 2. The lowest BCUT2D eigenvalue weighted by atomic mass is 9.96. The Balaban J connectivity index is 1.48. The van der Waals surface area contributed by atoms with Crippen LogP contribution in [0.3, 0.4) is 0 Å². The number of aryl methyl sites for hydroxylation is 3. The molecule has 40 heavy (non-hydrogen) atoms. The fraction of sp³-hybridized carbons (Fsp3) is 0.303. The standard InChI is InChI=1S/C33H37N5OS/c1-5-24-13-7-9-15-27(24)35-30(39)18-20-37-32(31(36-33(37)40)28-16-11-12-19-34-28)26-21-22(3)38(23(26)4)29-17-10-8-14-25(29)6-2/h7-17,19,21,31-32H,5-6,18,20H2,1-4H3,(H,35,39)(H,36,40). The summed E-state index contributed by atoms with van der Waals surface area (Å²) in [5, 5.41) is 7.28. The molecular formula is C33H37N5OS. The lowest BCUT2D eigenvalue weighted by molar-refractivity contribution is -0.116. The van der Waals surface area contributed by atoms with Gasteiger partial charge in [-0.15, -0.1) is 0 Å². The van der Waals surface area contributed by atoms with E-state index in [0.717, 1.165) is 29.8 Å². The Bertz CT molecular complexity index is 1510. The molecule has 4 aromatic rings. The zero-order valence-electron chi connectivity index (χ0n) is 23.6. The van der Waals surface area contributed by atoms with Crippen LogP contribution in [0.15, 0.2) is 79.0 Å². The summed E-state index contributed by atoms with van der Waals surface area (Å²) >= 11 is 5.88. The summed E-state index contributed by atoms with van der Waals surface area (Å²) in [6.07, 6.45) is 3.96. The molecule has 0 bridgehead atoms. The lowest BCUT2D eigenvalue weighted by Crippen LogP contribution is -2.33. The molecule has 7 heteroatoms. The van der Waals surface area contributed by atoms with Crippen molar-refractivity contribution in [2.24, 2.45) is 0 Å². The Hall–Kier alpha value is -3.97. The molecule has 1 saturated heterocycles. The van der Waals surface area contributed by atoms with E-state index in [0.29, 0.717) is 18.1 Å². The molecule has 1 aliphatic heterocycles. The Kier molecular flexibility index (Phi) is 8.31. The van der Waals surface area contributed by atoms with E-state index in [2.05, 4.69) is 89.2 Å². The summed E-state index contributed by atoms with van der Waals surface area (Å²) in [7, 11) is 0. The second-order valence-electron chi connectivity index (χ2n) is 10.3. The summed E-state index contributed by atoms with van der Waals surface area (Å²) in [5.74, 6) is -0.0221. The number of carbonyl (C=O) groups is 1. The second kappa shape index (κ2) is 12.0. The largest absolute Gasteiger partial charge is 0.352 e. The Morgan fingerprint density at radius 3 is 2.40 bits per heavy atom. The normalized spacial score (nSPS) is 16.7. The smallest absolute Gasteiger partial charge is 0.226 e. The fourth-order valence-corrected chi connectivity index (χ4v) is 6.19. The first-order chi connectivity index (χ1) is 19.4. The van der Waals surface area contributed by atoms with Gasteiger partial charge in [-0.3, -0.25) is 9.78 Å². The van der Waals surface area contributed by atoms with Gasteiger partial charge in [0.15, 0.2) is 5.11 Å². The van der Waals surface area contributed by atoms with Gasteiger partial charge in [-0.1, -0.05) is 56.3 Å². The van der Waals surface area contributed by atoms with Gasteiger partial charge < -0.3 is 20.1 Å². The van der Waals surface area contributed by atoms with Crippen LogP contribution in [-0.4, -0.2) is 32.0 Å². The summed E-state index contributed by atoms with van der Waals surface area (Å²) < 4.78 is 2.34. The van der Waals surface area contributed by atoms with Crippen LogP contribution in [0.4, 0.5) is 5.69 Å². The number of carbonyl (C=O) groups excluding carboxylic acids is 1. The molecule has 5 rings (SSSR count). The van der Waals surface area contributed by atoms with Gasteiger partial charge in [-0.25, -0.2) is 0 Å². The van der Waals surface area contributed by atoms with Crippen LogP contribution < -0.4 is 10.6 Å². The highest BCUT2D eigenvalue weighted by Crippen LogP contribution is 2.41. The van der Waals surface area contributed by atoms with Crippen LogP contribution in [0.1, 0.15) is 66.1 Å². The maximum atomic E-state index is 13.1. The maximum absolute atomic E-state index is 13.1. The summed E-state index contributed by atoms with van der Waals surface area (Å²) in [4.78, 5) is 20.0. The minimum atomic E-state index is -0.132. The van der Waals surface area contributed by atoms with E-state index in [4.69, 9.17) is 12.2 Å². The molecule has 3 heterocycles. The second-order valence-corrected chi connectivity index (χ2v) is 10.7. The van der Waals surface area contributed by atoms with Crippen molar-refractivity contribution in [2.45, 2.75) is 59.0 Å². The zero-order chi connectivity index (χ0) is 28.2. The highest BCUT2D eigenvalue weighted by Gasteiger charge is 2.41. The molecule has 2 aromatic carbocycles. The number of benzene rings is 2. The minimum absolute atomic E-state index is 0.0221. The Labute approximate surface area is 242 Å². The Morgan fingerprint density at radius 2 is 1.68 bits per heavy atom. The van der Waals surface area contributed by atoms with Gasteiger partial charge in [-0.05, 0) is 85.9 Å². The van der Waals surface area contributed by atoms with Crippen molar-refractivity contribution in [3.8, 4) is 5.69 Å². The molecule has 2 atom stereocenters. The van der Waals surface area contributed by atoms with Gasteiger partial charge >= 0.3 is 0 Å². The summed E-state index contributed by atoms with van der Waals surface area (Å²) in [5.41, 5.74) is 8.95. The molecule has 1 amide bonds. The highest BCUT2D eigenvalue weighted by atomic mass is 32.1. The molecule has 1 fully saturated rings. The summed E-state index contributed by atoms with van der Waals surface area (Å²) in [6, 6.07) is 24.5. The molecule has 0 saturated carbocycles. The first kappa shape index (κ1) is 27.6. The predicted octanol–water partition coefficient (Wildman–Crippen LogP) is 6.62. The molecule has 2 unspecified atom stereocenters. The SMILES string of the molecule is CCc1ccccc1NC(=O)CCN1C(=S)NC(c2ccccn2)C1c1cc(C)n(-c2ccccc2CC)c1C. The third-order valence-electron chi connectivity index (χ3n) is 7.85. The van der Waals surface area contributed by atoms with E-state index < -0.39 is 0 Å². The first-order valence-electron chi connectivity index (χ1n) is 14.1. The van der Waals surface area contributed by atoms with Crippen molar-refractivity contribution in [2.75, 3.05) is 11.9 Å². The quantitative estimate of drug-likeness (QED) is 0.229. The number of aromatic nitrogens is 2. The monoisotopic (exact) mass is 551 g/mol. The van der Waals surface area contributed by atoms with Gasteiger partial charge in [-0.2, -0.15) is 0 Å². The van der Waals surface area contributed by atoms with Gasteiger partial charge in [0, 0.05) is 41.9 Å². The number of amides is 1. The topological polar surface area (TPSA) is 62.2 Å². The van der Waals surface area contributed by atoms with Crippen LogP contribution in [0, 0.1) is 13.8 Å². The molecule has 6 nitrogen and oxygen atoms in total. The highest BCUT2D eigenvalue weighted by molar-refractivity contribution is 7.80. The predicted molar refractivity (Wildman–Crippen MR) is 166 cm³/mol. The average molecular weight is 552 g/mol. The van der Waals surface area contributed by atoms with Gasteiger partial charge in [0.2, 0.25) is 5.91 Å². The van der Waals surface area contributed by atoms with Crippen molar-refractivity contribution < 1.29 is 4.79 Å². The van der Waals surface area contributed by atoms with E-state index in [1.54, 1.807) is 0 Å².